The summed E-state index contributed by atoms with van der Waals surface area (Å²) < 4.78 is 5.45. The Morgan fingerprint density at radius 2 is 1.63 bits per heavy atom. The molecule has 2 rings (SSSR count). The molecule has 3 nitrogen and oxygen atoms in total. The minimum Gasteiger partial charge on any atom is -0.491 e. The summed E-state index contributed by atoms with van der Waals surface area (Å²) in [7, 11) is 0. The number of aliphatic imine (C=N–C) groups is 1. The molecule has 2 aromatic carbocycles. The van der Waals surface area contributed by atoms with Crippen molar-refractivity contribution in [2.75, 3.05) is 13.2 Å². The van der Waals surface area contributed by atoms with Gasteiger partial charge in [0.25, 0.3) is 0 Å². The van der Waals surface area contributed by atoms with Gasteiger partial charge in [-0.3, -0.25) is 4.99 Å². The zero-order chi connectivity index (χ0) is 13.3. The summed E-state index contributed by atoms with van der Waals surface area (Å²) in [6.07, 6.45) is 1.16. The van der Waals surface area contributed by atoms with Crippen molar-refractivity contribution in [3.8, 4) is 5.75 Å². The van der Waals surface area contributed by atoms with Crippen molar-refractivity contribution in [2.45, 2.75) is 6.10 Å². The Balaban J connectivity index is 1.73. The quantitative estimate of drug-likeness (QED) is 0.806. The second-order valence-corrected chi connectivity index (χ2v) is 4.18. The van der Waals surface area contributed by atoms with Crippen LogP contribution in [-0.4, -0.2) is 30.6 Å². The van der Waals surface area contributed by atoms with Crippen molar-refractivity contribution < 1.29 is 9.84 Å². The Morgan fingerprint density at radius 1 is 1.00 bits per heavy atom. The topological polar surface area (TPSA) is 41.8 Å². The molecule has 0 heterocycles. The number of aliphatic hydroxyl groups excluding tert-OH is 1. The van der Waals surface area contributed by atoms with Crippen LogP contribution in [0.25, 0.3) is 0 Å². The van der Waals surface area contributed by atoms with E-state index in [0.717, 1.165) is 11.3 Å². The third-order valence-electron chi connectivity index (χ3n) is 2.54. The molecule has 1 N–H and O–H groups in total. The normalized spacial score (nSPS) is 12.5. The first-order valence-corrected chi connectivity index (χ1v) is 6.25. The van der Waals surface area contributed by atoms with E-state index in [1.54, 1.807) is 6.21 Å². The standard InChI is InChI=1S/C16H17NO2/c18-15(13-19-16-9-5-2-6-10-16)12-17-11-14-7-3-1-4-8-14/h1-11,15,18H,12-13H2/t15-/m1/s1. The number of benzene rings is 2. The van der Waals surface area contributed by atoms with E-state index in [1.807, 2.05) is 60.7 Å². The number of rotatable bonds is 6. The van der Waals surface area contributed by atoms with E-state index in [2.05, 4.69) is 4.99 Å². The summed E-state index contributed by atoms with van der Waals surface area (Å²) in [6, 6.07) is 19.2. The molecule has 2 aromatic rings. The van der Waals surface area contributed by atoms with Gasteiger partial charge in [-0.15, -0.1) is 0 Å². The summed E-state index contributed by atoms with van der Waals surface area (Å²) >= 11 is 0. The van der Waals surface area contributed by atoms with E-state index in [1.165, 1.54) is 0 Å². The largest absolute Gasteiger partial charge is 0.491 e. The van der Waals surface area contributed by atoms with Gasteiger partial charge in [0.2, 0.25) is 0 Å². The minimum atomic E-state index is -0.597. The van der Waals surface area contributed by atoms with Crippen LogP contribution in [0, 0.1) is 0 Å². The van der Waals surface area contributed by atoms with Gasteiger partial charge in [0.15, 0.2) is 0 Å². The highest BCUT2D eigenvalue weighted by molar-refractivity contribution is 5.79. The smallest absolute Gasteiger partial charge is 0.119 e. The molecule has 0 aliphatic rings. The molecule has 0 unspecified atom stereocenters. The van der Waals surface area contributed by atoms with Gasteiger partial charge in [0.1, 0.15) is 18.5 Å². The lowest BCUT2D eigenvalue weighted by atomic mass is 10.2. The fourth-order valence-corrected chi connectivity index (χ4v) is 1.58. The van der Waals surface area contributed by atoms with Crippen LogP contribution in [0.3, 0.4) is 0 Å². The molecule has 0 amide bonds. The van der Waals surface area contributed by atoms with Crippen molar-refractivity contribution in [1.29, 1.82) is 0 Å². The highest BCUT2D eigenvalue weighted by Crippen LogP contribution is 2.08. The lowest BCUT2D eigenvalue weighted by Crippen LogP contribution is -2.20. The maximum atomic E-state index is 9.75. The molecule has 0 bridgehead atoms. The summed E-state index contributed by atoms with van der Waals surface area (Å²) in [4.78, 5) is 4.20. The van der Waals surface area contributed by atoms with Crippen LogP contribution in [0.1, 0.15) is 5.56 Å². The maximum absolute atomic E-state index is 9.75. The molecule has 0 saturated heterocycles. The van der Waals surface area contributed by atoms with Crippen molar-refractivity contribution in [1.82, 2.24) is 0 Å². The first-order valence-electron chi connectivity index (χ1n) is 6.25. The van der Waals surface area contributed by atoms with Crippen LogP contribution in [-0.2, 0) is 0 Å². The van der Waals surface area contributed by atoms with Crippen LogP contribution >= 0.6 is 0 Å². The van der Waals surface area contributed by atoms with Gasteiger partial charge in [-0.2, -0.15) is 0 Å². The predicted octanol–water partition coefficient (Wildman–Crippen LogP) is 2.55. The molecule has 0 aliphatic heterocycles. The van der Waals surface area contributed by atoms with Gasteiger partial charge in [0.05, 0.1) is 6.54 Å². The predicted molar refractivity (Wildman–Crippen MR) is 76.8 cm³/mol. The Labute approximate surface area is 113 Å². The van der Waals surface area contributed by atoms with E-state index in [0.29, 0.717) is 6.54 Å². The van der Waals surface area contributed by atoms with Gasteiger partial charge in [-0.05, 0) is 17.7 Å². The number of ether oxygens (including phenoxy) is 1. The van der Waals surface area contributed by atoms with Crippen molar-refractivity contribution >= 4 is 6.21 Å². The maximum Gasteiger partial charge on any atom is 0.119 e. The second-order valence-electron chi connectivity index (χ2n) is 4.18. The van der Waals surface area contributed by atoms with Gasteiger partial charge < -0.3 is 9.84 Å². The molecule has 0 fully saturated rings. The van der Waals surface area contributed by atoms with Gasteiger partial charge in [-0.1, -0.05) is 48.5 Å². The van der Waals surface area contributed by atoms with Crippen LogP contribution < -0.4 is 4.74 Å². The zero-order valence-electron chi connectivity index (χ0n) is 10.6. The Hall–Kier alpha value is -2.13. The van der Waals surface area contributed by atoms with E-state index in [-0.39, 0.29) is 6.61 Å². The van der Waals surface area contributed by atoms with E-state index < -0.39 is 6.10 Å². The number of para-hydroxylation sites is 1. The fourth-order valence-electron chi connectivity index (χ4n) is 1.58. The van der Waals surface area contributed by atoms with E-state index >= 15 is 0 Å². The van der Waals surface area contributed by atoms with Crippen LogP contribution in [0.15, 0.2) is 65.7 Å². The lowest BCUT2D eigenvalue weighted by Gasteiger charge is -2.09. The average molecular weight is 255 g/mol. The third kappa shape index (κ3) is 4.94. The minimum absolute atomic E-state index is 0.246. The molecule has 0 spiro atoms. The molecule has 0 radical (unpaired) electrons. The van der Waals surface area contributed by atoms with Crippen molar-refractivity contribution in [3.63, 3.8) is 0 Å². The van der Waals surface area contributed by atoms with Crippen LogP contribution in [0.2, 0.25) is 0 Å². The highest BCUT2D eigenvalue weighted by atomic mass is 16.5. The van der Waals surface area contributed by atoms with Crippen molar-refractivity contribution in [3.05, 3.63) is 66.2 Å². The molecule has 0 aromatic heterocycles. The lowest BCUT2D eigenvalue weighted by molar-refractivity contribution is 0.114. The first kappa shape index (κ1) is 13.3. The monoisotopic (exact) mass is 255 g/mol. The summed E-state index contributed by atoms with van der Waals surface area (Å²) in [6.45, 7) is 0.581. The fraction of sp³-hybridized carbons (Fsp3) is 0.188. The Bertz CT molecular complexity index is 497. The molecule has 0 saturated carbocycles. The Morgan fingerprint density at radius 3 is 2.32 bits per heavy atom. The van der Waals surface area contributed by atoms with Gasteiger partial charge in [0, 0.05) is 6.21 Å². The second kappa shape index (κ2) is 7.34. The first-order chi connectivity index (χ1) is 9.34. The highest BCUT2D eigenvalue weighted by Gasteiger charge is 2.03. The van der Waals surface area contributed by atoms with Crippen LogP contribution in [0.5, 0.6) is 5.75 Å². The number of aliphatic hydroxyl groups is 1. The van der Waals surface area contributed by atoms with Crippen LogP contribution in [0.4, 0.5) is 0 Å². The van der Waals surface area contributed by atoms with Gasteiger partial charge >= 0.3 is 0 Å². The van der Waals surface area contributed by atoms with Gasteiger partial charge in [-0.25, -0.2) is 0 Å². The number of hydrogen-bond acceptors (Lipinski definition) is 3. The van der Waals surface area contributed by atoms with E-state index in [9.17, 15) is 5.11 Å². The average Bonchev–Trinajstić information content (AvgIpc) is 2.47. The molecular formula is C16H17NO2. The van der Waals surface area contributed by atoms with Crippen molar-refractivity contribution in [2.24, 2.45) is 4.99 Å². The summed E-state index contributed by atoms with van der Waals surface area (Å²) in [5.74, 6) is 0.758. The number of hydrogen-bond donors (Lipinski definition) is 1. The molecular weight excluding hydrogens is 238 g/mol. The molecule has 0 aliphatic carbocycles. The SMILES string of the molecule is O[C@H](CN=Cc1ccccc1)COc1ccccc1. The molecule has 19 heavy (non-hydrogen) atoms. The zero-order valence-corrected chi connectivity index (χ0v) is 10.6. The molecule has 3 heteroatoms. The third-order valence-corrected chi connectivity index (χ3v) is 2.54. The summed E-state index contributed by atoms with van der Waals surface area (Å²) in [5.41, 5.74) is 1.03. The number of nitrogens with zero attached hydrogens (tertiary/aromatic N) is 1. The van der Waals surface area contributed by atoms with E-state index in [4.69, 9.17) is 4.74 Å². The Kier molecular flexibility index (Phi) is 5.14. The molecule has 98 valence electrons. The summed E-state index contributed by atoms with van der Waals surface area (Å²) in [5, 5.41) is 9.75. The molecule has 1 atom stereocenters.